The molecule has 1 N–H and O–H groups in total. The number of amides is 1. The van der Waals surface area contributed by atoms with Crippen LogP contribution < -0.4 is 5.32 Å². The molecular formula is C15H22ClNO3. The number of nitrogens with one attached hydrogen (secondary N) is 1. The van der Waals surface area contributed by atoms with Crippen molar-refractivity contribution in [3.8, 4) is 0 Å². The van der Waals surface area contributed by atoms with Crippen LogP contribution in [0.5, 0.6) is 0 Å². The summed E-state index contributed by atoms with van der Waals surface area (Å²) in [6.07, 6.45) is 1.41. The summed E-state index contributed by atoms with van der Waals surface area (Å²) in [5.74, 6) is 0.164. The molecule has 112 valence electrons. The van der Waals surface area contributed by atoms with Gasteiger partial charge in [0.2, 0.25) is 0 Å². The van der Waals surface area contributed by atoms with E-state index < -0.39 is 11.8 Å². The van der Waals surface area contributed by atoms with Crippen molar-refractivity contribution < 1.29 is 14.3 Å². The van der Waals surface area contributed by atoms with Crippen LogP contribution in [0.25, 0.3) is 0 Å². The molecule has 0 unspecified atom stereocenters. The van der Waals surface area contributed by atoms with E-state index in [2.05, 4.69) is 12.2 Å². The van der Waals surface area contributed by atoms with Crippen molar-refractivity contribution in [2.75, 3.05) is 12.5 Å². The minimum atomic E-state index is -0.898. The number of ether oxygens (including phenoxy) is 2. The molecule has 0 saturated carbocycles. The zero-order valence-electron chi connectivity index (χ0n) is 12.0. The van der Waals surface area contributed by atoms with E-state index in [1.165, 1.54) is 0 Å². The number of hydrogen-bond acceptors (Lipinski definition) is 3. The molecule has 0 fully saturated rings. The van der Waals surface area contributed by atoms with Gasteiger partial charge >= 0.3 is 6.09 Å². The monoisotopic (exact) mass is 299 g/mol. The van der Waals surface area contributed by atoms with Crippen molar-refractivity contribution in [2.24, 2.45) is 0 Å². The molecule has 1 atom stereocenters. The van der Waals surface area contributed by atoms with Gasteiger partial charge in [0.05, 0.1) is 5.88 Å². The Labute approximate surface area is 125 Å². The normalized spacial score (nSPS) is 13.6. The summed E-state index contributed by atoms with van der Waals surface area (Å²) < 4.78 is 10.7. The second-order valence-electron chi connectivity index (χ2n) is 4.75. The topological polar surface area (TPSA) is 47.6 Å². The van der Waals surface area contributed by atoms with Crippen LogP contribution in [0.15, 0.2) is 30.3 Å². The lowest BCUT2D eigenvalue weighted by Crippen LogP contribution is -2.50. The molecule has 0 aliphatic rings. The molecule has 0 bridgehead atoms. The molecule has 1 amide bonds. The van der Waals surface area contributed by atoms with Gasteiger partial charge in [-0.25, -0.2) is 4.79 Å². The van der Waals surface area contributed by atoms with Crippen LogP contribution in [-0.4, -0.2) is 24.3 Å². The maximum Gasteiger partial charge on any atom is 0.409 e. The van der Waals surface area contributed by atoms with Crippen molar-refractivity contribution in [3.63, 3.8) is 0 Å². The van der Waals surface area contributed by atoms with Crippen LogP contribution in [0, 0.1) is 0 Å². The maximum atomic E-state index is 11.8. The average molecular weight is 300 g/mol. The third kappa shape index (κ3) is 6.26. The summed E-state index contributed by atoms with van der Waals surface area (Å²) in [6, 6.07) is 9.49. The molecule has 0 saturated heterocycles. The van der Waals surface area contributed by atoms with Gasteiger partial charge < -0.3 is 9.47 Å². The fraction of sp³-hybridized carbons (Fsp3) is 0.533. The van der Waals surface area contributed by atoms with E-state index in [1.54, 1.807) is 6.92 Å². The minimum Gasteiger partial charge on any atom is -0.445 e. The first kappa shape index (κ1) is 16.8. The molecule has 5 heteroatoms. The average Bonchev–Trinajstić information content (AvgIpc) is 2.46. The zero-order chi connectivity index (χ0) is 14.8. The van der Waals surface area contributed by atoms with Crippen LogP contribution >= 0.6 is 11.6 Å². The predicted molar refractivity (Wildman–Crippen MR) is 79.7 cm³/mol. The Morgan fingerprint density at radius 3 is 2.65 bits per heavy atom. The number of halogens is 1. The fourth-order valence-electron chi connectivity index (χ4n) is 1.52. The molecule has 0 aromatic heterocycles. The molecule has 0 aliphatic heterocycles. The molecular weight excluding hydrogens is 278 g/mol. The van der Waals surface area contributed by atoms with Crippen molar-refractivity contribution in [1.82, 2.24) is 5.32 Å². The van der Waals surface area contributed by atoms with E-state index in [0.29, 0.717) is 6.61 Å². The van der Waals surface area contributed by atoms with Gasteiger partial charge in [0.15, 0.2) is 5.72 Å². The summed E-state index contributed by atoms with van der Waals surface area (Å²) in [5, 5.41) is 2.66. The quantitative estimate of drug-likeness (QED) is 0.452. The standard InChI is InChI=1S/C15H22ClNO3/c1-3-4-10-20-15(2,12-16)17-14(18)19-11-13-8-6-5-7-9-13/h5-9H,3-4,10-12H2,1-2H3,(H,17,18)/t15-/m0/s1. The van der Waals surface area contributed by atoms with Crippen molar-refractivity contribution in [1.29, 1.82) is 0 Å². The largest absolute Gasteiger partial charge is 0.445 e. The van der Waals surface area contributed by atoms with Gasteiger partial charge in [-0.15, -0.1) is 11.6 Å². The summed E-state index contributed by atoms with van der Waals surface area (Å²) in [4.78, 5) is 11.8. The van der Waals surface area contributed by atoms with Gasteiger partial charge in [-0.2, -0.15) is 0 Å². The van der Waals surface area contributed by atoms with Crippen LogP contribution in [0.2, 0.25) is 0 Å². The lowest BCUT2D eigenvalue weighted by atomic mass is 10.2. The maximum absolute atomic E-state index is 11.8. The number of alkyl halides is 1. The van der Waals surface area contributed by atoms with Crippen molar-refractivity contribution in [3.05, 3.63) is 35.9 Å². The summed E-state index contributed by atoms with van der Waals surface area (Å²) in [5.41, 5.74) is 0.0342. The highest BCUT2D eigenvalue weighted by Crippen LogP contribution is 2.11. The molecule has 1 aromatic carbocycles. The molecule has 0 heterocycles. The van der Waals surface area contributed by atoms with E-state index in [4.69, 9.17) is 21.1 Å². The second-order valence-corrected chi connectivity index (χ2v) is 5.02. The van der Waals surface area contributed by atoms with Gasteiger partial charge in [0.1, 0.15) is 6.61 Å². The molecule has 4 nitrogen and oxygen atoms in total. The smallest absolute Gasteiger partial charge is 0.409 e. The number of carbonyl (C=O) groups excluding carboxylic acids is 1. The summed E-state index contributed by atoms with van der Waals surface area (Å²) in [6.45, 7) is 4.58. The second kappa shape index (κ2) is 8.82. The van der Waals surface area contributed by atoms with E-state index in [9.17, 15) is 4.79 Å². The van der Waals surface area contributed by atoms with Crippen molar-refractivity contribution in [2.45, 2.75) is 39.0 Å². The molecule has 0 aliphatic carbocycles. The first-order chi connectivity index (χ1) is 9.59. The molecule has 1 aromatic rings. The van der Waals surface area contributed by atoms with Gasteiger partial charge in [0.25, 0.3) is 0 Å². The molecule has 20 heavy (non-hydrogen) atoms. The first-order valence-corrected chi connectivity index (χ1v) is 7.32. The first-order valence-electron chi connectivity index (χ1n) is 6.78. The Balaban J connectivity index is 2.38. The third-order valence-corrected chi connectivity index (χ3v) is 3.26. The Morgan fingerprint density at radius 2 is 2.05 bits per heavy atom. The van der Waals surface area contributed by atoms with E-state index >= 15 is 0 Å². The van der Waals surface area contributed by atoms with Crippen molar-refractivity contribution >= 4 is 17.7 Å². The number of alkyl carbamates (subject to hydrolysis) is 1. The number of hydrogen-bond donors (Lipinski definition) is 1. The van der Waals surface area contributed by atoms with Gasteiger partial charge in [-0.1, -0.05) is 43.7 Å². The Hall–Kier alpha value is -1.26. The SMILES string of the molecule is CCCCO[C@@](C)(CCl)NC(=O)OCc1ccccc1. The van der Waals surface area contributed by atoms with Crippen LogP contribution in [-0.2, 0) is 16.1 Å². The Bertz CT molecular complexity index is 399. The lowest BCUT2D eigenvalue weighted by molar-refractivity contribution is -0.0395. The van der Waals surface area contributed by atoms with Crippen LogP contribution in [0.1, 0.15) is 32.3 Å². The van der Waals surface area contributed by atoms with E-state index in [-0.39, 0.29) is 12.5 Å². The van der Waals surface area contributed by atoms with Crippen LogP contribution in [0.4, 0.5) is 4.79 Å². The molecule has 0 radical (unpaired) electrons. The third-order valence-electron chi connectivity index (χ3n) is 2.75. The highest BCUT2D eigenvalue weighted by molar-refractivity contribution is 6.18. The molecule has 0 spiro atoms. The Kier molecular flexibility index (Phi) is 7.41. The van der Waals surface area contributed by atoms with Gasteiger partial charge in [-0.3, -0.25) is 5.32 Å². The van der Waals surface area contributed by atoms with Gasteiger partial charge in [-0.05, 0) is 18.9 Å². The van der Waals surface area contributed by atoms with E-state index in [1.807, 2.05) is 30.3 Å². The lowest BCUT2D eigenvalue weighted by Gasteiger charge is -2.28. The highest BCUT2D eigenvalue weighted by atomic mass is 35.5. The highest BCUT2D eigenvalue weighted by Gasteiger charge is 2.26. The summed E-state index contributed by atoms with van der Waals surface area (Å²) >= 11 is 5.85. The minimum absolute atomic E-state index is 0.164. The molecule has 1 rings (SSSR count). The predicted octanol–water partition coefficient (Wildman–Crippen LogP) is 3.68. The number of rotatable bonds is 8. The number of unbranched alkanes of at least 4 members (excludes halogenated alkanes) is 1. The number of benzene rings is 1. The van der Waals surface area contributed by atoms with Gasteiger partial charge in [0, 0.05) is 6.61 Å². The zero-order valence-corrected chi connectivity index (χ0v) is 12.8. The van der Waals surface area contributed by atoms with E-state index in [0.717, 1.165) is 18.4 Å². The fourth-order valence-corrected chi connectivity index (χ4v) is 1.67. The number of carbonyl (C=O) groups is 1. The summed E-state index contributed by atoms with van der Waals surface area (Å²) in [7, 11) is 0. The van der Waals surface area contributed by atoms with Crippen LogP contribution in [0.3, 0.4) is 0 Å². The Morgan fingerprint density at radius 1 is 1.35 bits per heavy atom.